The van der Waals surface area contributed by atoms with Gasteiger partial charge in [0.05, 0.1) is 5.92 Å². The molecule has 1 heterocycles. The molecule has 2 aromatic rings. The van der Waals surface area contributed by atoms with Gasteiger partial charge < -0.3 is 4.90 Å². The van der Waals surface area contributed by atoms with Gasteiger partial charge in [-0.25, -0.2) is 4.39 Å². The first-order valence-electron chi connectivity index (χ1n) is 7.93. The maximum absolute atomic E-state index is 13.1. The zero-order chi connectivity index (χ0) is 16.2. The van der Waals surface area contributed by atoms with Gasteiger partial charge in [-0.15, -0.1) is 11.8 Å². The van der Waals surface area contributed by atoms with Gasteiger partial charge in [0, 0.05) is 12.3 Å². The van der Waals surface area contributed by atoms with E-state index in [0.717, 1.165) is 29.8 Å². The molecule has 0 spiro atoms. The SMILES string of the molecule is CC[C@@H](C(=O)N1CCS[C@H]1c1ccc(F)cc1)c1ccccc1. The maximum Gasteiger partial charge on any atom is 0.231 e. The number of rotatable bonds is 4. The van der Waals surface area contributed by atoms with Crippen molar-refractivity contribution in [1.29, 1.82) is 0 Å². The lowest BCUT2D eigenvalue weighted by Gasteiger charge is -2.28. The standard InChI is InChI=1S/C19H20FNOS/c1-2-17(14-6-4-3-5-7-14)18(22)21-12-13-23-19(21)15-8-10-16(20)11-9-15/h3-11,17,19H,2,12-13H2,1H3/t17-,19+/m1/s1. The van der Waals surface area contributed by atoms with Gasteiger partial charge in [-0.1, -0.05) is 49.4 Å². The number of amides is 1. The van der Waals surface area contributed by atoms with Gasteiger partial charge in [0.15, 0.2) is 0 Å². The van der Waals surface area contributed by atoms with Crippen molar-refractivity contribution in [1.82, 2.24) is 4.90 Å². The molecule has 0 N–H and O–H groups in total. The smallest absolute Gasteiger partial charge is 0.231 e. The highest BCUT2D eigenvalue weighted by Gasteiger charge is 2.34. The summed E-state index contributed by atoms with van der Waals surface area (Å²) in [7, 11) is 0. The minimum atomic E-state index is -0.245. The summed E-state index contributed by atoms with van der Waals surface area (Å²) in [5.41, 5.74) is 2.06. The quantitative estimate of drug-likeness (QED) is 0.817. The Balaban J connectivity index is 1.84. The van der Waals surface area contributed by atoms with E-state index in [-0.39, 0.29) is 23.0 Å². The fraction of sp³-hybridized carbons (Fsp3) is 0.316. The predicted molar refractivity (Wildman–Crippen MR) is 92.8 cm³/mol. The third-order valence-electron chi connectivity index (χ3n) is 4.24. The Morgan fingerprint density at radius 3 is 2.57 bits per heavy atom. The van der Waals surface area contributed by atoms with Gasteiger partial charge in [-0.05, 0) is 29.7 Å². The van der Waals surface area contributed by atoms with E-state index in [4.69, 9.17) is 0 Å². The van der Waals surface area contributed by atoms with Crippen molar-refractivity contribution in [2.75, 3.05) is 12.3 Å². The Hall–Kier alpha value is -1.81. The number of carbonyl (C=O) groups excluding carboxylic acids is 1. The van der Waals surface area contributed by atoms with Gasteiger partial charge in [0.1, 0.15) is 11.2 Å². The summed E-state index contributed by atoms with van der Waals surface area (Å²) in [4.78, 5) is 15.0. The van der Waals surface area contributed by atoms with Gasteiger partial charge in [-0.3, -0.25) is 4.79 Å². The summed E-state index contributed by atoms with van der Waals surface area (Å²) < 4.78 is 13.1. The second kappa shape index (κ2) is 7.18. The Morgan fingerprint density at radius 1 is 1.22 bits per heavy atom. The van der Waals surface area contributed by atoms with E-state index >= 15 is 0 Å². The summed E-state index contributed by atoms with van der Waals surface area (Å²) in [6.45, 7) is 2.79. The second-order valence-corrected chi connectivity index (χ2v) is 6.87. The molecule has 3 rings (SSSR count). The fourth-order valence-electron chi connectivity index (χ4n) is 3.04. The largest absolute Gasteiger partial charge is 0.325 e. The lowest BCUT2D eigenvalue weighted by molar-refractivity contribution is -0.133. The summed E-state index contributed by atoms with van der Waals surface area (Å²) in [6.07, 6.45) is 0.778. The molecular weight excluding hydrogens is 309 g/mol. The molecule has 2 nitrogen and oxygen atoms in total. The molecule has 23 heavy (non-hydrogen) atoms. The molecule has 1 fully saturated rings. The Bertz CT molecular complexity index is 659. The van der Waals surface area contributed by atoms with Crippen LogP contribution in [-0.4, -0.2) is 23.1 Å². The van der Waals surface area contributed by atoms with Crippen LogP contribution >= 0.6 is 11.8 Å². The van der Waals surface area contributed by atoms with Gasteiger partial charge in [0.2, 0.25) is 5.91 Å². The third kappa shape index (κ3) is 3.42. The number of nitrogens with zero attached hydrogens (tertiary/aromatic N) is 1. The molecule has 1 aliphatic rings. The number of hydrogen-bond acceptors (Lipinski definition) is 2. The van der Waals surface area contributed by atoms with Gasteiger partial charge in [0.25, 0.3) is 0 Å². The molecule has 1 amide bonds. The topological polar surface area (TPSA) is 20.3 Å². The molecular formula is C19H20FNOS. The lowest BCUT2D eigenvalue weighted by atomic mass is 9.95. The Kier molecular flexibility index (Phi) is 5.01. The highest BCUT2D eigenvalue weighted by atomic mass is 32.2. The molecule has 0 radical (unpaired) electrons. The highest BCUT2D eigenvalue weighted by Crippen LogP contribution is 2.40. The molecule has 0 aliphatic carbocycles. The first-order valence-corrected chi connectivity index (χ1v) is 8.98. The number of thioether (sulfide) groups is 1. The van der Waals surface area contributed by atoms with Gasteiger partial charge in [-0.2, -0.15) is 0 Å². The van der Waals surface area contributed by atoms with Gasteiger partial charge >= 0.3 is 0 Å². The third-order valence-corrected chi connectivity index (χ3v) is 5.50. The van der Waals surface area contributed by atoms with E-state index in [0.29, 0.717) is 0 Å². The van der Waals surface area contributed by atoms with Crippen LogP contribution < -0.4 is 0 Å². The summed E-state index contributed by atoms with van der Waals surface area (Å²) >= 11 is 1.74. The average molecular weight is 329 g/mol. The minimum absolute atomic E-state index is 0.0131. The highest BCUT2D eigenvalue weighted by molar-refractivity contribution is 7.99. The van der Waals surface area contributed by atoms with Crippen molar-refractivity contribution < 1.29 is 9.18 Å². The molecule has 120 valence electrons. The van der Waals surface area contributed by atoms with Crippen LogP contribution in [0.1, 0.15) is 35.8 Å². The number of hydrogen-bond donors (Lipinski definition) is 0. The van der Waals surface area contributed by atoms with E-state index in [9.17, 15) is 9.18 Å². The maximum atomic E-state index is 13.1. The minimum Gasteiger partial charge on any atom is -0.325 e. The van der Waals surface area contributed by atoms with Crippen molar-refractivity contribution in [2.24, 2.45) is 0 Å². The zero-order valence-electron chi connectivity index (χ0n) is 13.1. The van der Waals surface area contributed by atoms with Crippen molar-refractivity contribution >= 4 is 17.7 Å². The molecule has 1 saturated heterocycles. The number of halogens is 1. The molecule has 4 heteroatoms. The van der Waals surface area contributed by atoms with E-state index in [1.165, 1.54) is 12.1 Å². The second-order valence-electron chi connectivity index (χ2n) is 5.68. The summed E-state index contributed by atoms with van der Waals surface area (Å²) in [5, 5.41) is -0.0131. The molecule has 2 aromatic carbocycles. The molecule has 0 saturated carbocycles. The van der Waals surface area contributed by atoms with Crippen LogP contribution in [0.15, 0.2) is 54.6 Å². The number of carbonyl (C=O) groups is 1. The van der Waals surface area contributed by atoms with E-state index in [1.807, 2.05) is 42.2 Å². The van der Waals surface area contributed by atoms with Crippen LogP contribution in [0.25, 0.3) is 0 Å². The molecule has 0 unspecified atom stereocenters. The summed E-state index contributed by atoms with van der Waals surface area (Å²) in [5.74, 6) is 0.722. The predicted octanol–water partition coefficient (Wildman–Crippen LogP) is 4.59. The van der Waals surface area contributed by atoms with Crippen molar-refractivity contribution in [3.05, 3.63) is 71.5 Å². The van der Waals surface area contributed by atoms with Crippen molar-refractivity contribution in [3.63, 3.8) is 0 Å². The zero-order valence-corrected chi connectivity index (χ0v) is 13.9. The monoisotopic (exact) mass is 329 g/mol. The van der Waals surface area contributed by atoms with Crippen LogP contribution in [0.5, 0.6) is 0 Å². The van der Waals surface area contributed by atoms with Crippen LogP contribution in [-0.2, 0) is 4.79 Å². The van der Waals surface area contributed by atoms with E-state index < -0.39 is 0 Å². The van der Waals surface area contributed by atoms with Crippen LogP contribution in [0.2, 0.25) is 0 Å². The molecule has 2 atom stereocenters. The van der Waals surface area contributed by atoms with Crippen molar-refractivity contribution in [3.8, 4) is 0 Å². The Morgan fingerprint density at radius 2 is 1.91 bits per heavy atom. The molecule has 0 aromatic heterocycles. The normalized spacial score (nSPS) is 18.9. The van der Waals surface area contributed by atoms with Crippen LogP contribution in [0.4, 0.5) is 4.39 Å². The fourth-order valence-corrected chi connectivity index (χ4v) is 4.30. The van der Waals surface area contributed by atoms with Crippen LogP contribution in [0.3, 0.4) is 0 Å². The van der Waals surface area contributed by atoms with E-state index in [1.54, 1.807) is 23.9 Å². The first-order chi connectivity index (χ1) is 11.2. The average Bonchev–Trinajstić information content (AvgIpc) is 3.07. The Labute approximate surface area is 140 Å². The van der Waals surface area contributed by atoms with Crippen LogP contribution in [0, 0.1) is 5.82 Å². The number of benzene rings is 2. The first kappa shape index (κ1) is 16.1. The van der Waals surface area contributed by atoms with E-state index in [2.05, 4.69) is 0 Å². The molecule has 0 bridgehead atoms. The molecule has 1 aliphatic heterocycles. The van der Waals surface area contributed by atoms with Crippen molar-refractivity contribution in [2.45, 2.75) is 24.6 Å². The summed E-state index contributed by atoms with van der Waals surface area (Å²) in [6, 6.07) is 16.4. The lowest BCUT2D eigenvalue weighted by Crippen LogP contribution is -2.34.